The smallest absolute Gasteiger partial charge is 0.476 e. The van der Waals surface area contributed by atoms with E-state index in [1.807, 2.05) is 0 Å². The topological polar surface area (TPSA) is 77.2 Å². The highest BCUT2D eigenvalue weighted by molar-refractivity contribution is 5.87. The Morgan fingerprint density at radius 1 is 1.04 bits per heavy atom. The minimum atomic E-state index is -5.05. The number of aromatic nitrogens is 3. The fraction of sp³-hybridized carbons (Fsp3) is 0.0625. The summed E-state index contributed by atoms with van der Waals surface area (Å²) < 4.78 is 69.1. The highest BCUT2D eigenvalue weighted by Gasteiger charge is 2.31. The number of carboxylic acids is 1. The van der Waals surface area contributed by atoms with Gasteiger partial charge in [-0.05, 0) is 18.2 Å². The first-order chi connectivity index (χ1) is 12.6. The maximum Gasteiger partial charge on any atom is 0.573 e. The Bertz CT molecular complexity index is 1020. The number of rotatable bonds is 4. The number of benzene rings is 1. The fourth-order valence-electron chi connectivity index (χ4n) is 2.31. The Kier molecular flexibility index (Phi) is 4.52. The van der Waals surface area contributed by atoms with Gasteiger partial charge in [-0.2, -0.15) is 5.10 Å². The summed E-state index contributed by atoms with van der Waals surface area (Å²) in [5, 5.41) is 12.9. The Morgan fingerprint density at radius 2 is 1.78 bits per heavy atom. The second-order valence-corrected chi connectivity index (χ2v) is 5.22. The van der Waals surface area contributed by atoms with Crippen LogP contribution >= 0.6 is 0 Å². The van der Waals surface area contributed by atoms with Gasteiger partial charge in [0.1, 0.15) is 17.4 Å². The SMILES string of the molecule is O=C(O)c1cc(-c2cc(F)cc(OC(F)(F)F)c2)n(-c2cncc(F)c2)n1. The zero-order chi connectivity index (χ0) is 19.8. The molecule has 0 aliphatic rings. The summed E-state index contributed by atoms with van der Waals surface area (Å²) in [7, 11) is 0. The minimum absolute atomic E-state index is 0.0138. The third-order valence-corrected chi connectivity index (χ3v) is 3.26. The number of nitrogens with zero attached hydrogens (tertiary/aromatic N) is 3. The van der Waals surface area contributed by atoms with E-state index in [1.54, 1.807) is 0 Å². The van der Waals surface area contributed by atoms with Crippen LogP contribution in [0.4, 0.5) is 22.0 Å². The first-order valence-electron chi connectivity index (χ1n) is 7.13. The molecule has 3 rings (SSSR count). The van der Waals surface area contributed by atoms with E-state index in [1.165, 1.54) is 0 Å². The molecule has 0 aliphatic heterocycles. The van der Waals surface area contributed by atoms with Crippen molar-refractivity contribution >= 4 is 5.97 Å². The molecule has 1 aromatic carbocycles. The quantitative estimate of drug-likeness (QED) is 0.691. The van der Waals surface area contributed by atoms with Gasteiger partial charge in [-0.3, -0.25) is 4.98 Å². The van der Waals surface area contributed by atoms with Crippen LogP contribution in [0, 0.1) is 11.6 Å². The van der Waals surface area contributed by atoms with Crippen molar-refractivity contribution in [2.24, 2.45) is 0 Å². The molecule has 0 saturated carbocycles. The standard InChI is InChI=1S/C16H8F5N3O3/c17-9-1-8(2-12(4-9)27-16(19,20)21)14-5-13(15(25)26)23-24(14)11-3-10(18)6-22-7-11/h1-7H,(H,25,26). The number of pyridine rings is 1. The highest BCUT2D eigenvalue weighted by Crippen LogP contribution is 2.31. The lowest BCUT2D eigenvalue weighted by molar-refractivity contribution is -0.274. The lowest BCUT2D eigenvalue weighted by Crippen LogP contribution is -2.17. The van der Waals surface area contributed by atoms with Crippen LogP contribution in [-0.2, 0) is 0 Å². The van der Waals surface area contributed by atoms with Gasteiger partial charge in [0.2, 0.25) is 0 Å². The molecule has 0 unspecified atom stereocenters. The Balaban J connectivity index is 2.18. The molecule has 140 valence electrons. The van der Waals surface area contributed by atoms with Gasteiger partial charge in [-0.1, -0.05) is 0 Å². The molecular weight excluding hydrogens is 377 g/mol. The number of aromatic carboxylic acids is 1. The summed E-state index contributed by atoms with van der Waals surface area (Å²) >= 11 is 0. The van der Waals surface area contributed by atoms with Crippen LogP contribution in [0.2, 0.25) is 0 Å². The van der Waals surface area contributed by atoms with E-state index in [4.69, 9.17) is 5.11 Å². The molecule has 0 spiro atoms. The number of carbonyl (C=O) groups is 1. The van der Waals surface area contributed by atoms with Gasteiger partial charge in [0.05, 0.1) is 23.8 Å². The summed E-state index contributed by atoms with van der Waals surface area (Å²) in [5.41, 5.74) is -0.776. The van der Waals surface area contributed by atoms with Gasteiger partial charge in [0.15, 0.2) is 5.69 Å². The minimum Gasteiger partial charge on any atom is -0.476 e. The summed E-state index contributed by atoms with van der Waals surface area (Å²) in [5.74, 6) is -4.11. The maximum absolute atomic E-state index is 13.8. The second-order valence-electron chi connectivity index (χ2n) is 5.22. The molecule has 2 aromatic heterocycles. The summed E-state index contributed by atoms with van der Waals surface area (Å²) in [6.45, 7) is 0. The molecule has 27 heavy (non-hydrogen) atoms. The molecule has 0 atom stereocenters. The molecule has 0 saturated heterocycles. The van der Waals surface area contributed by atoms with E-state index in [9.17, 15) is 26.7 Å². The van der Waals surface area contributed by atoms with Crippen LogP contribution in [-0.4, -0.2) is 32.2 Å². The average molecular weight is 385 g/mol. The lowest BCUT2D eigenvalue weighted by Gasteiger charge is -2.12. The second kappa shape index (κ2) is 6.67. The molecule has 0 aliphatic carbocycles. The third kappa shape index (κ3) is 4.19. The predicted molar refractivity (Wildman–Crippen MR) is 80.4 cm³/mol. The van der Waals surface area contributed by atoms with Crippen LogP contribution in [0.5, 0.6) is 5.75 Å². The van der Waals surface area contributed by atoms with Gasteiger partial charge < -0.3 is 9.84 Å². The molecule has 0 radical (unpaired) electrons. The molecule has 1 N–H and O–H groups in total. The molecule has 2 heterocycles. The maximum atomic E-state index is 13.8. The molecule has 6 nitrogen and oxygen atoms in total. The fourth-order valence-corrected chi connectivity index (χ4v) is 2.31. The zero-order valence-electron chi connectivity index (χ0n) is 13.0. The first-order valence-corrected chi connectivity index (χ1v) is 7.13. The van der Waals surface area contributed by atoms with Crippen LogP contribution in [0.15, 0.2) is 42.7 Å². The van der Waals surface area contributed by atoms with Crippen molar-refractivity contribution in [3.05, 3.63) is 60.1 Å². The number of ether oxygens (including phenoxy) is 1. The van der Waals surface area contributed by atoms with Crippen molar-refractivity contribution in [3.8, 4) is 22.7 Å². The lowest BCUT2D eigenvalue weighted by atomic mass is 10.1. The highest BCUT2D eigenvalue weighted by atomic mass is 19.4. The number of halogens is 5. The van der Waals surface area contributed by atoms with Crippen LogP contribution in [0.1, 0.15) is 10.5 Å². The molecule has 3 aromatic rings. The summed E-state index contributed by atoms with van der Waals surface area (Å²) in [6, 6.07) is 4.19. The van der Waals surface area contributed by atoms with Crippen molar-refractivity contribution in [1.29, 1.82) is 0 Å². The number of hydrogen-bond acceptors (Lipinski definition) is 4. The molecule has 0 bridgehead atoms. The van der Waals surface area contributed by atoms with Crippen molar-refractivity contribution < 1.29 is 36.6 Å². The Morgan fingerprint density at radius 3 is 2.41 bits per heavy atom. The Labute approximate surface area is 147 Å². The molecule has 0 amide bonds. The van der Waals surface area contributed by atoms with Crippen molar-refractivity contribution in [2.75, 3.05) is 0 Å². The number of alkyl halides is 3. The van der Waals surface area contributed by atoms with Gasteiger partial charge >= 0.3 is 12.3 Å². The van der Waals surface area contributed by atoms with Gasteiger partial charge in [-0.15, -0.1) is 13.2 Å². The molecular formula is C16H8F5N3O3. The normalized spacial score (nSPS) is 11.4. The first kappa shape index (κ1) is 18.3. The van der Waals surface area contributed by atoms with E-state index in [0.29, 0.717) is 6.07 Å². The van der Waals surface area contributed by atoms with Crippen LogP contribution in [0.3, 0.4) is 0 Å². The van der Waals surface area contributed by atoms with Crippen molar-refractivity contribution in [3.63, 3.8) is 0 Å². The monoisotopic (exact) mass is 385 g/mol. The third-order valence-electron chi connectivity index (χ3n) is 3.26. The predicted octanol–water partition coefficient (Wildman–Crippen LogP) is 3.81. The van der Waals surface area contributed by atoms with Crippen molar-refractivity contribution in [2.45, 2.75) is 6.36 Å². The van der Waals surface area contributed by atoms with E-state index in [0.717, 1.165) is 41.3 Å². The van der Waals surface area contributed by atoms with E-state index in [2.05, 4.69) is 14.8 Å². The van der Waals surface area contributed by atoms with Gasteiger partial charge in [-0.25, -0.2) is 18.3 Å². The van der Waals surface area contributed by atoms with Crippen LogP contribution in [0.25, 0.3) is 16.9 Å². The number of hydrogen-bond donors (Lipinski definition) is 1. The van der Waals surface area contributed by atoms with Crippen LogP contribution < -0.4 is 4.74 Å². The van der Waals surface area contributed by atoms with Gasteiger partial charge in [0.25, 0.3) is 0 Å². The Hall–Kier alpha value is -3.50. The summed E-state index contributed by atoms with van der Waals surface area (Å²) in [6.07, 6.45) is -3.01. The molecule has 0 fully saturated rings. The van der Waals surface area contributed by atoms with E-state index < -0.39 is 35.4 Å². The molecule has 11 heteroatoms. The average Bonchev–Trinajstić information content (AvgIpc) is 2.98. The summed E-state index contributed by atoms with van der Waals surface area (Å²) in [4.78, 5) is 14.8. The van der Waals surface area contributed by atoms with E-state index in [-0.39, 0.29) is 16.9 Å². The van der Waals surface area contributed by atoms with E-state index >= 15 is 0 Å². The number of carboxylic acid groups (broad SMARTS) is 1. The van der Waals surface area contributed by atoms with Gasteiger partial charge in [0, 0.05) is 17.7 Å². The largest absolute Gasteiger partial charge is 0.573 e. The zero-order valence-corrected chi connectivity index (χ0v) is 13.0. The van der Waals surface area contributed by atoms with Crippen molar-refractivity contribution in [1.82, 2.24) is 14.8 Å².